The Morgan fingerprint density at radius 3 is 2.52 bits per heavy atom. The highest BCUT2D eigenvalue weighted by molar-refractivity contribution is 7.99. The molecule has 6 nitrogen and oxygen atoms in total. The molecule has 0 spiro atoms. The number of thioether (sulfide) groups is 1. The molecule has 0 saturated heterocycles. The molecule has 0 amide bonds. The fourth-order valence-electron chi connectivity index (χ4n) is 1.76. The van der Waals surface area contributed by atoms with E-state index in [0.29, 0.717) is 44.3 Å². The molecule has 1 aromatic rings. The largest absolute Gasteiger partial charge is 0.489 e. The van der Waals surface area contributed by atoms with Crippen LogP contribution < -0.4 is 10.1 Å². The van der Waals surface area contributed by atoms with Gasteiger partial charge in [-0.05, 0) is 18.2 Å². The first-order valence-corrected chi connectivity index (χ1v) is 8.71. The van der Waals surface area contributed by atoms with E-state index in [9.17, 15) is 4.79 Å². The van der Waals surface area contributed by atoms with Gasteiger partial charge in [0.2, 0.25) is 0 Å². The van der Waals surface area contributed by atoms with E-state index in [-0.39, 0.29) is 6.61 Å². The standard InChI is InChI=1S/C16H25NO5S/c1-17-15-3-2-14(13-19)12-16(15)22-7-6-21-9-11-23-10-8-20-5-4-18/h2-3,12-13,17-18H,4-11H2,1H3. The van der Waals surface area contributed by atoms with E-state index < -0.39 is 0 Å². The zero-order chi connectivity index (χ0) is 16.8. The van der Waals surface area contributed by atoms with Crippen LogP contribution in [0.15, 0.2) is 18.2 Å². The Labute approximate surface area is 141 Å². The van der Waals surface area contributed by atoms with E-state index >= 15 is 0 Å². The van der Waals surface area contributed by atoms with E-state index in [0.717, 1.165) is 23.5 Å². The topological polar surface area (TPSA) is 77.0 Å². The summed E-state index contributed by atoms with van der Waals surface area (Å²) >= 11 is 1.75. The van der Waals surface area contributed by atoms with Crippen molar-refractivity contribution in [3.05, 3.63) is 23.8 Å². The quantitative estimate of drug-likeness (QED) is 0.393. The molecule has 0 heterocycles. The predicted molar refractivity (Wildman–Crippen MR) is 92.9 cm³/mol. The second kappa shape index (κ2) is 13.2. The van der Waals surface area contributed by atoms with Crippen LogP contribution in [0.5, 0.6) is 5.75 Å². The smallest absolute Gasteiger partial charge is 0.150 e. The number of nitrogens with one attached hydrogen (secondary N) is 1. The zero-order valence-corrected chi connectivity index (χ0v) is 14.3. The van der Waals surface area contributed by atoms with Crippen LogP contribution in [0.4, 0.5) is 5.69 Å². The van der Waals surface area contributed by atoms with Crippen LogP contribution in [0, 0.1) is 0 Å². The molecular weight excluding hydrogens is 318 g/mol. The number of anilines is 1. The predicted octanol–water partition coefficient (Wildman–Crippen LogP) is 1.68. The minimum absolute atomic E-state index is 0.0683. The number of carbonyl (C=O) groups is 1. The molecule has 0 atom stereocenters. The summed E-state index contributed by atoms with van der Waals surface area (Å²) in [5, 5.41) is 11.6. The van der Waals surface area contributed by atoms with Gasteiger partial charge in [-0.25, -0.2) is 0 Å². The van der Waals surface area contributed by atoms with Crippen LogP contribution in [0.2, 0.25) is 0 Å². The van der Waals surface area contributed by atoms with Crippen molar-refractivity contribution in [2.24, 2.45) is 0 Å². The molecule has 130 valence electrons. The molecule has 23 heavy (non-hydrogen) atoms. The zero-order valence-electron chi connectivity index (χ0n) is 13.5. The lowest BCUT2D eigenvalue weighted by atomic mass is 10.2. The number of aliphatic hydroxyl groups excluding tert-OH is 1. The normalized spacial score (nSPS) is 10.5. The van der Waals surface area contributed by atoms with Crippen molar-refractivity contribution in [2.45, 2.75) is 0 Å². The molecule has 0 bridgehead atoms. The number of hydrogen-bond acceptors (Lipinski definition) is 7. The molecule has 0 aromatic heterocycles. The monoisotopic (exact) mass is 343 g/mol. The average molecular weight is 343 g/mol. The molecule has 0 aliphatic heterocycles. The first kappa shape index (κ1) is 19.8. The number of hydrogen-bond donors (Lipinski definition) is 2. The van der Waals surface area contributed by atoms with Crippen molar-refractivity contribution in [3.8, 4) is 5.75 Å². The molecule has 0 unspecified atom stereocenters. The van der Waals surface area contributed by atoms with Gasteiger partial charge in [0.25, 0.3) is 0 Å². The van der Waals surface area contributed by atoms with Gasteiger partial charge in [-0.15, -0.1) is 0 Å². The Morgan fingerprint density at radius 1 is 1.13 bits per heavy atom. The van der Waals surface area contributed by atoms with Gasteiger partial charge in [-0.3, -0.25) is 4.79 Å². The summed E-state index contributed by atoms with van der Waals surface area (Å²) < 4.78 is 16.3. The molecule has 1 aromatic carbocycles. The van der Waals surface area contributed by atoms with E-state index in [1.807, 2.05) is 6.07 Å². The van der Waals surface area contributed by atoms with Crippen LogP contribution in [-0.2, 0) is 9.47 Å². The van der Waals surface area contributed by atoms with Crippen molar-refractivity contribution in [2.75, 3.05) is 63.5 Å². The van der Waals surface area contributed by atoms with Crippen LogP contribution in [0.1, 0.15) is 10.4 Å². The Bertz CT molecular complexity index is 444. The summed E-state index contributed by atoms with van der Waals surface area (Å²) in [5.41, 5.74) is 1.42. The van der Waals surface area contributed by atoms with Gasteiger partial charge in [-0.2, -0.15) is 11.8 Å². The van der Waals surface area contributed by atoms with E-state index in [1.54, 1.807) is 30.9 Å². The average Bonchev–Trinajstić information content (AvgIpc) is 2.59. The Balaban J connectivity index is 2.08. The first-order chi connectivity index (χ1) is 11.3. The third kappa shape index (κ3) is 8.80. The second-order valence-electron chi connectivity index (χ2n) is 4.53. The second-order valence-corrected chi connectivity index (χ2v) is 5.76. The van der Waals surface area contributed by atoms with Crippen molar-refractivity contribution in [1.82, 2.24) is 0 Å². The number of carbonyl (C=O) groups excluding carboxylic acids is 1. The van der Waals surface area contributed by atoms with Gasteiger partial charge in [-0.1, -0.05) is 0 Å². The fraction of sp³-hybridized carbons (Fsp3) is 0.562. The first-order valence-electron chi connectivity index (χ1n) is 7.55. The summed E-state index contributed by atoms with van der Waals surface area (Å²) in [4.78, 5) is 10.8. The molecular formula is C16H25NO5S. The third-order valence-corrected chi connectivity index (χ3v) is 3.79. The minimum Gasteiger partial charge on any atom is -0.489 e. The number of ether oxygens (including phenoxy) is 3. The molecule has 0 fully saturated rings. The van der Waals surface area contributed by atoms with Crippen molar-refractivity contribution in [3.63, 3.8) is 0 Å². The van der Waals surface area contributed by atoms with Gasteiger partial charge in [0.1, 0.15) is 18.6 Å². The number of rotatable bonds is 14. The molecule has 7 heteroatoms. The molecule has 1 rings (SSSR count). The SMILES string of the molecule is CNc1ccc(C=O)cc1OCCOCCSCCOCCO. The fourth-order valence-corrected chi connectivity index (χ4v) is 2.43. The summed E-state index contributed by atoms with van der Waals surface area (Å²) in [6.45, 7) is 2.69. The number of aliphatic hydroxyl groups is 1. The van der Waals surface area contributed by atoms with Crippen LogP contribution in [0.25, 0.3) is 0 Å². The Hall–Kier alpha value is -1.28. The van der Waals surface area contributed by atoms with E-state index in [4.69, 9.17) is 19.3 Å². The maximum absolute atomic E-state index is 10.8. The number of aldehydes is 1. The Kier molecular flexibility index (Phi) is 11.3. The van der Waals surface area contributed by atoms with Gasteiger partial charge in [0.15, 0.2) is 0 Å². The van der Waals surface area contributed by atoms with Crippen molar-refractivity contribution >= 4 is 23.7 Å². The maximum atomic E-state index is 10.8. The highest BCUT2D eigenvalue weighted by Crippen LogP contribution is 2.24. The van der Waals surface area contributed by atoms with E-state index in [2.05, 4.69) is 5.32 Å². The summed E-state index contributed by atoms with van der Waals surface area (Å²) in [6.07, 6.45) is 0.796. The van der Waals surface area contributed by atoms with Crippen LogP contribution in [-0.4, -0.2) is 69.6 Å². The van der Waals surface area contributed by atoms with Crippen LogP contribution in [0.3, 0.4) is 0 Å². The summed E-state index contributed by atoms with van der Waals surface area (Å²) in [6, 6.07) is 5.26. The van der Waals surface area contributed by atoms with Gasteiger partial charge in [0.05, 0.1) is 38.7 Å². The summed E-state index contributed by atoms with van der Waals surface area (Å²) in [7, 11) is 1.81. The summed E-state index contributed by atoms with van der Waals surface area (Å²) in [5.74, 6) is 2.44. The van der Waals surface area contributed by atoms with Gasteiger partial charge < -0.3 is 24.6 Å². The third-order valence-electron chi connectivity index (χ3n) is 2.88. The minimum atomic E-state index is 0.0683. The van der Waals surface area contributed by atoms with Crippen molar-refractivity contribution < 1.29 is 24.1 Å². The van der Waals surface area contributed by atoms with Gasteiger partial charge >= 0.3 is 0 Å². The lowest BCUT2D eigenvalue weighted by Gasteiger charge is -2.12. The Morgan fingerprint density at radius 2 is 1.87 bits per heavy atom. The van der Waals surface area contributed by atoms with Crippen molar-refractivity contribution in [1.29, 1.82) is 0 Å². The number of benzene rings is 1. The highest BCUT2D eigenvalue weighted by atomic mass is 32.2. The molecule has 0 radical (unpaired) electrons. The van der Waals surface area contributed by atoms with Gasteiger partial charge in [0, 0.05) is 24.1 Å². The lowest BCUT2D eigenvalue weighted by Crippen LogP contribution is -2.10. The molecule has 0 aliphatic carbocycles. The molecule has 0 aliphatic rings. The highest BCUT2D eigenvalue weighted by Gasteiger charge is 2.03. The molecule has 0 saturated carbocycles. The van der Waals surface area contributed by atoms with E-state index in [1.165, 1.54) is 0 Å². The molecule has 2 N–H and O–H groups in total. The lowest BCUT2D eigenvalue weighted by molar-refractivity contribution is 0.103. The maximum Gasteiger partial charge on any atom is 0.150 e. The van der Waals surface area contributed by atoms with Crippen LogP contribution >= 0.6 is 11.8 Å².